The van der Waals surface area contributed by atoms with Crippen LogP contribution in [0, 0.1) is 0 Å². The van der Waals surface area contributed by atoms with Gasteiger partial charge in [0.2, 0.25) is 10.0 Å². The van der Waals surface area contributed by atoms with Gasteiger partial charge in [-0.15, -0.1) is 0 Å². The van der Waals surface area contributed by atoms with Crippen LogP contribution >= 0.6 is 0 Å². The smallest absolute Gasteiger partial charge is 0.217 e. The van der Waals surface area contributed by atoms with Gasteiger partial charge in [-0.1, -0.05) is 18.9 Å². The molecular formula is C18H27N3O3S. The number of ether oxygens (including phenoxy) is 1. The number of sulfonamides is 1. The molecule has 1 N–H and O–H groups in total. The molecule has 1 aliphatic heterocycles. The van der Waals surface area contributed by atoms with Crippen LogP contribution in [-0.4, -0.2) is 54.3 Å². The van der Waals surface area contributed by atoms with Crippen LogP contribution in [0.3, 0.4) is 0 Å². The Balaban J connectivity index is 1.48. The Labute approximate surface area is 150 Å². The summed E-state index contributed by atoms with van der Waals surface area (Å²) in [5, 5.41) is 3.48. The van der Waals surface area contributed by atoms with Crippen molar-refractivity contribution in [1.82, 2.24) is 14.6 Å². The lowest BCUT2D eigenvalue weighted by atomic mass is 9.79. The normalized spacial score (nSPS) is 31.3. The predicted octanol–water partition coefficient (Wildman–Crippen LogP) is 1.68. The quantitative estimate of drug-likeness (QED) is 0.860. The maximum absolute atomic E-state index is 12.7. The van der Waals surface area contributed by atoms with Gasteiger partial charge in [0.05, 0.1) is 17.5 Å². The van der Waals surface area contributed by atoms with Crippen molar-refractivity contribution in [1.29, 1.82) is 0 Å². The van der Waals surface area contributed by atoms with Gasteiger partial charge >= 0.3 is 0 Å². The molecule has 3 aliphatic rings. The first-order valence-electron chi connectivity index (χ1n) is 9.35. The SMILES string of the molecule is O=S(=O)(C1CC1)N1CCO[C@]2(CCCC[C@H]2NCc2cccnc2)C1. The number of rotatable bonds is 5. The Morgan fingerprint density at radius 3 is 2.96 bits per heavy atom. The second-order valence-corrected chi connectivity index (χ2v) is 9.74. The molecule has 2 heterocycles. The lowest BCUT2D eigenvalue weighted by molar-refractivity contribution is -0.127. The molecule has 2 saturated carbocycles. The Bertz CT molecular complexity index is 689. The molecule has 2 aliphatic carbocycles. The van der Waals surface area contributed by atoms with Gasteiger partial charge in [-0.3, -0.25) is 4.98 Å². The maximum atomic E-state index is 12.7. The van der Waals surface area contributed by atoms with Crippen molar-refractivity contribution >= 4 is 10.0 Å². The zero-order valence-corrected chi connectivity index (χ0v) is 15.4. The standard InChI is InChI=1S/C18H27N3O3S/c22-25(23,16-6-7-16)21-10-11-24-18(14-21)8-2-1-5-17(18)20-13-15-4-3-9-19-12-15/h3-4,9,12,16-17,20H,1-2,5-8,10-11,13-14H2/t17-,18-/m1/s1. The predicted molar refractivity (Wildman–Crippen MR) is 95.5 cm³/mol. The van der Waals surface area contributed by atoms with E-state index in [0.29, 0.717) is 19.7 Å². The highest BCUT2D eigenvalue weighted by Gasteiger charge is 2.50. The van der Waals surface area contributed by atoms with Crippen molar-refractivity contribution in [2.45, 2.75) is 62.0 Å². The van der Waals surface area contributed by atoms with E-state index in [2.05, 4.69) is 16.4 Å². The Kier molecular flexibility index (Phi) is 4.83. The summed E-state index contributed by atoms with van der Waals surface area (Å²) in [5.74, 6) is 0. The highest BCUT2D eigenvalue weighted by Crippen LogP contribution is 2.38. The van der Waals surface area contributed by atoms with Gasteiger partial charge in [0.25, 0.3) is 0 Å². The molecule has 2 atom stereocenters. The Morgan fingerprint density at radius 1 is 1.32 bits per heavy atom. The number of pyridine rings is 1. The van der Waals surface area contributed by atoms with Crippen molar-refractivity contribution in [3.63, 3.8) is 0 Å². The molecule has 1 aromatic heterocycles. The average Bonchev–Trinajstić information content (AvgIpc) is 3.48. The van der Waals surface area contributed by atoms with Crippen LogP contribution in [0.25, 0.3) is 0 Å². The molecule has 1 aromatic rings. The van der Waals surface area contributed by atoms with E-state index in [4.69, 9.17) is 4.74 Å². The minimum Gasteiger partial charge on any atom is -0.371 e. The van der Waals surface area contributed by atoms with Gasteiger partial charge in [0.1, 0.15) is 0 Å². The van der Waals surface area contributed by atoms with Gasteiger partial charge in [-0.25, -0.2) is 8.42 Å². The third-order valence-corrected chi connectivity index (χ3v) is 8.08. The summed E-state index contributed by atoms with van der Waals surface area (Å²) in [7, 11) is -3.14. The molecule has 0 bridgehead atoms. The fourth-order valence-corrected chi connectivity index (χ4v) is 6.05. The van der Waals surface area contributed by atoms with E-state index in [0.717, 1.165) is 50.6 Å². The van der Waals surface area contributed by atoms with Crippen LogP contribution < -0.4 is 5.32 Å². The highest BCUT2D eigenvalue weighted by atomic mass is 32.2. The summed E-state index contributed by atoms with van der Waals surface area (Å²) in [6.07, 6.45) is 9.48. The van der Waals surface area contributed by atoms with Crippen LogP contribution in [0.2, 0.25) is 0 Å². The summed E-state index contributed by atoms with van der Waals surface area (Å²) < 4.78 is 33.4. The molecule has 3 fully saturated rings. The van der Waals surface area contributed by atoms with E-state index < -0.39 is 10.0 Å². The van der Waals surface area contributed by atoms with Gasteiger partial charge < -0.3 is 10.1 Å². The number of aromatic nitrogens is 1. The monoisotopic (exact) mass is 365 g/mol. The first-order chi connectivity index (χ1) is 12.1. The lowest BCUT2D eigenvalue weighted by Crippen LogP contribution is -2.64. The molecule has 0 aromatic carbocycles. The van der Waals surface area contributed by atoms with E-state index in [9.17, 15) is 8.42 Å². The number of nitrogens with one attached hydrogen (secondary N) is 1. The van der Waals surface area contributed by atoms with Crippen LogP contribution in [0.5, 0.6) is 0 Å². The second-order valence-electron chi connectivity index (χ2n) is 7.53. The molecule has 0 unspecified atom stereocenters. The lowest BCUT2D eigenvalue weighted by Gasteiger charge is -2.49. The van der Waals surface area contributed by atoms with E-state index in [1.54, 1.807) is 10.5 Å². The maximum Gasteiger partial charge on any atom is 0.217 e. The van der Waals surface area contributed by atoms with Crippen molar-refractivity contribution in [2.24, 2.45) is 0 Å². The van der Waals surface area contributed by atoms with Crippen molar-refractivity contribution in [3.05, 3.63) is 30.1 Å². The van der Waals surface area contributed by atoms with Crippen molar-refractivity contribution in [2.75, 3.05) is 19.7 Å². The number of hydrogen-bond acceptors (Lipinski definition) is 5. The van der Waals surface area contributed by atoms with Gasteiger partial charge in [0.15, 0.2) is 0 Å². The zero-order valence-electron chi connectivity index (χ0n) is 14.6. The van der Waals surface area contributed by atoms with Crippen LogP contribution in [0.4, 0.5) is 0 Å². The second kappa shape index (κ2) is 6.95. The van der Waals surface area contributed by atoms with Gasteiger partial charge in [0, 0.05) is 38.1 Å². The Morgan fingerprint density at radius 2 is 2.20 bits per heavy atom. The van der Waals surface area contributed by atoms with E-state index >= 15 is 0 Å². The molecule has 4 rings (SSSR count). The van der Waals surface area contributed by atoms with Crippen LogP contribution in [0.1, 0.15) is 44.1 Å². The first kappa shape index (κ1) is 17.4. The highest BCUT2D eigenvalue weighted by molar-refractivity contribution is 7.90. The largest absolute Gasteiger partial charge is 0.371 e. The van der Waals surface area contributed by atoms with E-state index in [1.165, 1.54) is 0 Å². The molecule has 138 valence electrons. The molecule has 1 spiro atoms. The molecule has 6 nitrogen and oxygen atoms in total. The molecule has 0 amide bonds. The number of nitrogens with zero attached hydrogens (tertiary/aromatic N) is 2. The minimum atomic E-state index is -3.14. The van der Waals surface area contributed by atoms with Crippen LogP contribution in [-0.2, 0) is 21.3 Å². The minimum absolute atomic E-state index is 0.145. The van der Waals surface area contributed by atoms with Crippen molar-refractivity contribution in [3.8, 4) is 0 Å². The van der Waals surface area contributed by atoms with Crippen molar-refractivity contribution < 1.29 is 13.2 Å². The number of hydrogen-bond donors (Lipinski definition) is 1. The topological polar surface area (TPSA) is 71.5 Å². The molecule has 0 radical (unpaired) electrons. The third-order valence-electron chi connectivity index (χ3n) is 5.73. The van der Waals surface area contributed by atoms with E-state index in [1.807, 2.05) is 12.3 Å². The average molecular weight is 365 g/mol. The third kappa shape index (κ3) is 3.60. The first-order valence-corrected chi connectivity index (χ1v) is 10.9. The van der Waals surface area contributed by atoms with Crippen LogP contribution in [0.15, 0.2) is 24.5 Å². The summed E-state index contributed by atoms with van der Waals surface area (Å²) in [6.45, 7) is 2.22. The fraction of sp³-hybridized carbons (Fsp3) is 0.722. The van der Waals surface area contributed by atoms with Gasteiger partial charge in [-0.05, 0) is 37.3 Å². The molecule has 7 heteroatoms. The molecule has 1 saturated heterocycles. The summed E-state index contributed by atoms with van der Waals surface area (Å²) in [5.41, 5.74) is 0.752. The number of morpholine rings is 1. The summed E-state index contributed by atoms with van der Waals surface area (Å²) >= 11 is 0. The molecular weight excluding hydrogens is 338 g/mol. The molecule has 25 heavy (non-hydrogen) atoms. The fourth-order valence-electron chi connectivity index (χ4n) is 4.17. The zero-order chi connectivity index (χ0) is 17.3. The van der Waals surface area contributed by atoms with E-state index in [-0.39, 0.29) is 16.9 Å². The summed E-state index contributed by atoms with van der Waals surface area (Å²) in [4.78, 5) is 4.16. The van der Waals surface area contributed by atoms with Gasteiger partial charge in [-0.2, -0.15) is 4.31 Å². The Hall–Kier alpha value is -1.02. The summed E-state index contributed by atoms with van der Waals surface area (Å²) in [6, 6.07) is 4.18.